The Bertz CT molecular complexity index is 2770. The predicted octanol–water partition coefficient (Wildman–Crippen LogP) is 13.2. The highest BCUT2D eigenvalue weighted by atomic mass is 32.1. The number of nitrogens with zero attached hydrogens (tertiary/aromatic N) is 2. The van der Waals surface area contributed by atoms with Crippen molar-refractivity contribution in [3.8, 4) is 0 Å². The Morgan fingerprint density at radius 2 is 0.910 bits per heavy atom. The lowest BCUT2D eigenvalue weighted by atomic mass is 10.1. The number of benzene rings is 6. The van der Waals surface area contributed by atoms with E-state index < -0.39 is 0 Å². The highest BCUT2D eigenvalue weighted by molar-refractivity contribution is 7.80. The summed E-state index contributed by atoms with van der Waals surface area (Å²) in [7, 11) is 7.41. The van der Waals surface area contributed by atoms with Crippen LogP contribution >= 0.6 is 47.1 Å². The number of aromatic nitrogens is 2. The Morgan fingerprint density at radius 1 is 0.448 bits per heavy atom. The van der Waals surface area contributed by atoms with Gasteiger partial charge in [-0.3, -0.25) is 0 Å². The maximum absolute atomic E-state index is 5.62. The van der Waals surface area contributed by atoms with Crippen LogP contribution in [0.3, 0.4) is 0 Å². The number of anilines is 6. The van der Waals surface area contributed by atoms with Crippen LogP contribution in [0.15, 0.2) is 115 Å². The van der Waals surface area contributed by atoms with Gasteiger partial charge in [-0.15, -0.1) is 0 Å². The molecule has 0 fully saturated rings. The normalized spacial score (nSPS) is 9.81. The van der Waals surface area contributed by atoms with Crippen LogP contribution in [0.4, 0.5) is 33.0 Å². The number of para-hydroxylation sites is 3. The lowest BCUT2D eigenvalue weighted by molar-refractivity contribution is 1.19. The van der Waals surface area contributed by atoms with Crippen molar-refractivity contribution in [2.75, 3.05) is 60.9 Å². The lowest BCUT2D eigenvalue weighted by Crippen LogP contribution is -2.24. The summed E-state index contributed by atoms with van der Waals surface area (Å²) in [6, 6.07) is 38.7. The Morgan fingerprint density at radius 3 is 1.43 bits per heavy atom. The number of nitrogen functional groups attached to an aromatic ring is 2. The molecule has 67 heavy (non-hydrogen) atoms. The Labute approximate surface area is 417 Å². The second-order valence-corrected chi connectivity index (χ2v) is 18.4. The van der Waals surface area contributed by atoms with Gasteiger partial charge in [0, 0.05) is 50.9 Å². The minimum absolute atomic E-state index is 0.643. The number of thiocarbonyl (C=S) groups is 2. The van der Waals surface area contributed by atoms with E-state index in [0.717, 1.165) is 55.2 Å². The van der Waals surface area contributed by atoms with E-state index >= 15 is 0 Å². The van der Waals surface area contributed by atoms with E-state index in [4.69, 9.17) is 35.9 Å². The summed E-state index contributed by atoms with van der Waals surface area (Å²) in [6.07, 6.45) is 0. The van der Waals surface area contributed by atoms with E-state index in [9.17, 15) is 0 Å². The summed E-state index contributed by atoms with van der Waals surface area (Å²) in [5, 5.41) is 21.3. The number of nitrogens with two attached hydrogens (primary N) is 2. The molecule has 14 heteroatoms. The molecule has 2 heterocycles. The number of aryl methyl sites for hydroxylation is 9. The molecule has 0 spiro atoms. The van der Waals surface area contributed by atoms with Gasteiger partial charge in [-0.25, -0.2) is 9.97 Å². The number of nitrogens with one attached hydrogen (secondary N) is 6. The molecule has 10 N–H and O–H groups in total. The third-order valence-electron chi connectivity index (χ3n) is 10.1. The Kier molecular flexibility index (Phi) is 23.0. The van der Waals surface area contributed by atoms with Crippen LogP contribution in [-0.4, -0.2) is 48.4 Å². The maximum atomic E-state index is 5.62. The quantitative estimate of drug-likeness (QED) is 0.0627. The summed E-state index contributed by atoms with van der Waals surface area (Å²) in [6.45, 7) is 18.5. The molecule has 0 atom stereocenters. The largest absolute Gasteiger partial charge is 0.399 e. The van der Waals surface area contributed by atoms with Crippen molar-refractivity contribution in [2.24, 2.45) is 0 Å². The second-order valence-electron chi connectivity index (χ2n) is 15.6. The van der Waals surface area contributed by atoms with E-state index in [0.29, 0.717) is 10.2 Å². The van der Waals surface area contributed by atoms with Gasteiger partial charge in [-0.05, 0) is 167 Å². The number of rotatable bonds is 4. The molecule has 2 aromatic heterocycles. The molecule has 0 bridgehead atoms. The van der Waals surface area contributed by atoms with Crippen molar-refractivity contribution in [1.82, 2.24) is 20.6 Å². The predicted molar refractivity (Wildman–Crippen MR) is 306 cm³/mol. The first kappa shape index (κ1) is 55.0. The van der Waals surface area contributed by atoms with Crippen LogP contribution in [0.1, 0.15) is 50.1 Å². The van der Waals surface area contributed by atoms with Crippen molar-refractivity contribution in [1.29, 1.82) is 0 Å². The van der Waals surface area contributed by atoms with Crippen molar-refractivity contribution in [2.45, 2.75) is 62.3 Å². The molecule has 0 aliphatic carbocycles. The third-order valence-corrected chi connectivity index (χ3v) is 13.0. The smallest absolute Gasteiger partial charge is 0.183 e. The number of thiazole rings is 2. The topological polar surface area (TPSA) is 150 Å². The summed E-state index contributed by atoms with van der Waals surface area (Å²) >= 11 is 13.4. The van der Waals surface area contributed by atoms with Gasteiger partial charge in [0.05, 0.1) is 20.4 Å². The summed E-state index contributed by atoms with van der Waals surface area (Å²) in [4.78, 5) is 8.94. The molecule has 354 valence electrons. The molecule has 0 radical (unpaired) electrons. The van der Waals surface area contributed by atoms with Crippen molar-refractivity contribution >= 4 is 111 Å². The van der Waals surface area contributed by atoms with Gasteiger partial charge in [0.1, 0.15) is 0 Å². The third kappa shape index (κ3) is 18.1. The van der Waals surface area contributed by atoms with Crippen LogP contribution in [0, 0.1) is 62.3 Å². The highest BCUT2D eigenvalue weighted by Gasteiger charge is 2.07. The monoisotopic (exact) mass is 972 g/mol. The fraction of sp³-hybridized carbons (Fsp3) is 0.245. The van der Waals surface area contributed by atoms with Crippen LogP contribution in [-0.2, 0) is 0 Å². The van der Waals surface area contributed by atoms with Crippen LogP contribution < -0.4 is 43.4 Å². The molecule has 6 aromatic carbocycles. The summed E-state index contributed by atoms with van der Waals surface area (Å²) < 4.78 is 2.55. The Hall–Kier alpha value is -6.32. The van der Waals surface area contributed by atoms with Gasteiger partial charge in [0.2, 0.25) is 0 Å². The molecular weight excluding hydrogens is 905 g/mol. The van der Waals surface area contributed by atoms with Gasteiger partial charge >= 0.3 is 0 Å². The number of hydrogen-bond donors (Lipinski definition) is 8. The van der Waals surface area contributed by atoms with Gasteiger partial charge in [0.15, 0.2) is 20.5 Å². The fourth-order valence-electron chi connectivity index (χ4n) is 5.86. The highest BCUT2D eigenvalue weighted by Crippen LogP contribution is 2.30. The summed E-state index contributed by atoms with van der Waals surface area (Å²) in [5.74, 6) is 0. The minimum atomic E-state index is 0.643. The molecule has 0 aliphatic heterocycles. The first-order valence-electron chi connectivity index (χ1n) is 21.7. The van der Waals surface area contributed by atoms with E-state index in [2.05, 4.69) is 131 Å². The first-order valence-corrected chi connectivity index (χ1v) is 24.2. The molecular formula is C53H68N10S4. The summed E-state index contributed by atoms with van der Waals surface area (Å²) in [5.41, 5.74) is 28.2. The van der Waals surface area contributed by atoms with E-state index in [1.54, 1.807) is 36.8 Å². The van der Waals surface area contributed by atoms with Gasteiger partial charge < -0.3 is 43.4 Å². The fourth-order valence-corrected chi connectivity index (χ4v) is 7.94. The average Bonchev–Trinajstić information content (AvgIpc) is 3.97. The van der Waals surface area contributed by atoms with E-state index in [-0.39, 0.29) is 0 Å². The molecule has 10 nitrogen and oxygen atoms in total. The van der Waals surface area contributed by atoms with Gasteiger partial charge in [-0.2, -0.15) is 0 Å². The van der Waals surface area contributed by atoms with Crippen molar-refractivity contribution in [3.63, 3.8) is 0 Å². The molecule has 0 amide bonds. The molecule has 8 aromatic rings. The number of hydrogen-bond acceptors (Lipinski definition) is 10. The van der Waals surface area contributed by atoms with Crippen molar-refractivity contribution in [3.05, 3.63) is 165 Å². The number of fused-ring (bicyclic) bond motifs is 2. The SMILES string of the molecule is CNC(=S)Nc1cc(C)ccc1C.CNC(=S)Nc1ccccc1C.CNc1nc2c(C)ccc(C)c2s1.CNc1nc2c(C)cccc2s1.Cc1ccc(C)c(N)c1.Cc1ccccc1N. The average molecular weight is 973 g/mol. The van der Waals surface area contributed by atoms with E-state index in [1.807, 2.05) is 102 Å². The standard InChI is InChI=1S/C10H12N2S.C10H14N2S.C9H10N2S.C9H12N2S.C8H11N.C7H9N/c1-6-4-5-7(2)9-8(6)12-10(11-3)13-9;1-7-4-5-8(2)9(6-7)12-10(13)11-3;1-6-4-3-5-7-8(6)11-9(10-2)12-7;1-7-5-3-4-6-8(7)11-9(12)10-2;1-6-3-4-7(2)8(9)5-6;1-6-4-2-3-5-7(6)8/h4-5H,1-3H3,(H,11,12);4-6H,1-3H3,(H2,11,12,13);3-5H,1-2H3,(H,10,11);3-6H,1-2H3,(H2,10,11,12);3-5H,9H2,1-2H3;2-5H,8H2,1H3. The van der Waals surface area contributed by atoms with Gasteiger partial charge in [-0.1, -0.05) is 108 Å². The van der Waals surface area contributed by atoms with Crippen LogP contribution in [0.5, 0.6) is 0 Å². The first-order chi connectivity index (χ1) is 31.9. The van der Waals surface area contributed by atoms with E-state index in [1.165, 1.54) is 48.3 Å². The maximum Gasteiger partial charge on any atom is 0.183 e. The molecule has 8 rings (SSSR count). The lowest BCUT2D eigenvalue weighted by Gasteiger charge is -2.10. The van der Waals surface area contributed by atoms with Crippen LogP contribution in [0.2, 0.25) is 0 Å². The molecule has 0 aliphatic rings. The van der Waals surface area contributed by atoms with Crippen LogP contribution in [0.25, 0.3) is 20.4 Å². The van der Waals surface area contributed by atoms with Gasteiger partial charge in [0.25, 0.3) is 0 Å². The minimum Gasteiger partial charge on any atom is -0.399 e. The second kappa shape index (κ2) is 28.0. The molecule has 0 saturated heterocycles. The molecule has 0 unspecified atom stereocenters. The zero-order valence-electron chi connectivity index (χ0n) is 41.2. The van der Waals surface area contributed by atoms with Crippen molar-refractivity contribution < 1.29 is 0 Å². The zero-order valence-corrected chi connectivity index (χ0v) is 44.4. The zero-order chi connectivity index (χ0) is 49.6. The Balaban J connectivity index is 0.000000215. The molecule has 0 saturated carbocycles.